The fourth-order valence-corrected chi connectivity index (χ4v) is 5.80. The Bertz CT molecular complexity index is 1560. The number of thioether (sulfide) groups is 1. The predicted octanol–water partition coefficient (Wildman–Crippen LogP) is 7.71. The van der Waals surface area contributed by atoms with Crippen molar-refractivity contribution in [1.82, 2.24) is 5.32 Å². The molecule has 0 aliphatic carbocycles. The molecule has 0 saturated carbocycles. The number of amidine groups is 1. The molecular weight excluding hydrogens is 623 g/mol. The molecule has 1 fully saturated rings. The van der Waals surface area contributed by atoms with Crippen molar-refractivity contribution in [3.8, 4) is 17.2 Å². The van der Waals surface area contributed by atoms with Crippen LogP contribution in [0.2, 0.25) is 0 Å². The molecule has 1 amide bonds. The van der Waals surface area contributed by atoms with Crippen LogP contribution in [0.15, 0.2) is 88.8 Å². The number of rotatable bonds is 9. The van der Waals surface area contributed by atoms with E-state index in [2.05, 4.69) is 57.2 Å². The number of benzene rings is 4. The molecule has 198 valence electrons. The molecule has 8 heteroatoms. The maximum atomic E-state index is 12.7. The summed E-state index contributed by atoms with van der Waals surface area (Å²) < 4.78 is 18.6. The highest BCUT2D eigenvalue weighted by Crippen LogP contribution is 2.37. The molecule has 4 aromatic rings. The smallest absolute Gasteiger partial charge is 0.264 e. The minimum absolute atomic E-state index is 0.186. The molecule has 1 heterocycles. The van der Waals surface area contributed by atoms with Gasteiger partial charge in [0.15, 0.2) is 16.7 Å². The van der Waals surface area contributed by atoms with Gasteiger partial charge in [-0.15, -0.1) is 0 Å². The van der Waals surface area contributed by atoms with Gasteiger partial charge in [-0.25, -0.2) is 4.99 Å². The van der Waals surface area contributed by atoms with Crippen LogP contribution in [0.4, 0.5) is 5.69 Å². The van der Waals surface area contributed by atoms with Crippen LogP contribution in [-0.2, 0) is 11.4 Å². The number of carbonyl (C=O) groups excluding carboxylic acids is 1. The third-order valence-corrected chi connectivity index (χ3v) is 7.62. The minimum Gasteiger partial charge on any atom is -0.494 e. The summed E-state index contributed by atoms with van der Waals surface area (Å²) in [4.78, 5) is 17.8. The molecule has 6 nitrogen and oxygen atoms in total. The molecule has 39 heavy (non-hydrogen) atoms. The van der Waals surface area contributed by atoms with E-state index in [0.29, 0.717) is 41.4 Å². The zero-order valence-electron chi connectivity index (χ0n) is 21.6. The van der Waals surface area contributed by atoms with Gasteiger partial charge in [-0.1, -0.05) is 42.5 Å². The van der Waals surface area contributed by atoms with Crippen LogP contribution >= 0.6 is 34.4 Å². The van der Waals surface area contributed by atoms with E-state index < -0.39 is 0 Å². The maximum Gasteiger partial charge on any atom is 0.264 e. The lowest BCUT2D eigenvalue weighted by molar-refractivity contribution is -0.115. The maximum absolute atomic E-state index is 12.7. The highest BCUT2D eigenvalue weighted by atomic mass is 127. The summed E-state index contributed by atoms with van der Waals surface area (Å²) >= 11 is 3.56. The summed E-state index contributed by atoms with van der Waals surface area (Å²) in [5, 5.41) is 5.73. The van der Waals surface area contributed by atoms with Crippen LogP contribution < -0.4 is 19.5 Å². The van der Waals surface area contributed by atoms with Crippen molar-refractivity contribution in [3.63, 3.8) is 0 Å². The van der Waals surface area contributed by atoms with Gasteiger partial charge < -0.3 is 19.5 Å². The Labute approximate surface area is 245 Å². The van der Waals surface area contributed by atoms with Gasteiger partial charge in [0.05, 0.1) is 27.4 Å². The number of carbonyl (C=O) groups is 1. The van der Waals surface area contributed by atoms with Gasteiger partial charge in [0.2, 0.25) is 0 Å². The van der Waals surface area contributed by atoms with Gasteiger partial charge in [0, 0.05) is 0 Å². The summed E-state index contributed by atoms with van der Waals surface area (Å²) in [6, 6.07) is 25.9. The third kappa shape index (κ3) is 6.57. The van der Waals surface area contributed by atoms with Gasteiger partial charge in [-0.05, 0) is 113 Å². The van der Waals surface area contributed by atoms with Gasteiger partial charge in [0.25, 0.3) is 5.91 Å². The molecule has 0 atom stereocenters. The standard InChI is InChI=1S/C31H27IN2O4S/c1-3-36-24-14-12-23(13-15-24)33-31-34-30(35)28(39-31)18-20-16-26(32)29(27(17-20)37-4-2)38-19-22-10-7-9-21-8-5-6-11-25(21)22/h5-18H,3-4,19H2,1-2H3,(H,33,34,35)/b28-18+. The predicted molar refractivity (Wildman–Crippen MR) is 167 cm³/mol. The van der Waals surface area contributed by atoms with Crippen molar-refractivity contribution in [3.05, 3.63) is 98.5 Å². The second kappa shape index (κ2) is 12.6. The number of halogens is 1. The molecule has 1 aliphatic heterocycles. The zero-order valence-corrected chi connectivity index (χ0v) is 24.5. The van der Waals surface area contributed by atoms with Crippen molar-refractivity contribution in [1.29, 1.82) is 0 Å². The molecule has 0 bridgehead atoms. The number of amides is 1. The monoisotopic (exact) mass is 650 g/mol. The van der Waals surface area contributed by atoms with Crippen molar-refractivity contribution in [2.45, 2.75) is 20.5 Å². The molecule has 0 unspecified atom stereocenters. The van der Waals surface area contributed by atoms with Crippen LogP contribution in [0.25, 0.3) is 16.8 Å². The van der Waals surface area contributed by atoms with Gasteiger partial charge >= 0.3 is 0 Å². The van der Waals surface area contributed by atoms with Crippen molar-refractivity contribution >= 4 is 68.0 Å². The first kappa shape index (κ1) is 27.1. The number of hydrogen-bond donors (Lipinski definition) is 1. The van der Waals surface area contributed by atoms with E-state index in [1.165, 1.54) is 22.5 Å². The average molecular weight is 651 g/mol. The van der Waals surface area contributed by atoms with Crippen LogP contribution in [0.3, 0.4) is 0 Å². The Balaban J connectivity index is 1.35. The van der Waals surface area contributed by atoms with E-state index in [4.69, 9.17) is 14.2 Å². The van der Waals surface area contributed by atoms with E-state index in [-0.39, 0.29) is 5.91 Å². The summed E-state index contributed by atoms with van der Waals surface area (Å²) in [6.07, 6.45) is 1.85. The molecule has 0 radical (unpaired) electrons. The molecule has 1 aliphatic rings. The molecule has 1 saturated heterocycles. The van der Waals surface area contributed by atoms with E-state index in [0.717, 1.165) is 26.1 Å². The molecule has 5 rings (SSSR count). The Morgan fingerprint density at radius 1 is 0.923 bits per heavy atom. The average Bonchev–Trinajstić information content (AvgIpc) is 3.27. The quantitative estimate of drug-likeness (QED) is 0.149. The number of fused-ring (bicyclic) bond motifs is 1. The topological polar surface area (TPSA) is 69.2 Å². The van der Waals surface area contributed by atoms with Crippen LogP contribution in [0.1, 0.15) is 25.0 Å². The Morgan fingerprint density at radius 2 is 1.69 bits per heavy atom. The van der Waals surface area contributed by atoms with E-state index >= 15 is 0 Å². The second-order valence-corrected chi connectivity index (χ2v) is 10.8. The summed E-state index contributed by atoms with van der Waals surface area (Å²) in [6.45, 7) is 5.40. The molecule has 0 aromatic heterocycles. The SMILES string of the molecule is CCOc1ccc(N=C2NC(=O)/C(=C\c3cc(I)c(OCc4cccc5ccccc45)c(OCC)c3)S2)cc1. The summed E-state index contributed by atoms with van der Waals surface area (Å²) in [5.74, 6) is 1.93. The third-order valence-electron chi connectivity index (χ3n) is 5.91. The fraction of sp³-hybridized carbons (Fsp3) is 0.161. The van der Waals surface area contributed by atoms with E-state index in [9.17, 15) is 4.79 Å². The van der Waals surface area contributed by atoms with Crippen molar-refractivity contribution < 1.29 is 19.0 Å². The first-order valence-corrected chi connectivity index (χ1v) is 14.5. The summed E-state index contributed by atoms with van der Waals surface area (Å²) in [7, 11) is 0. The fourth-order valence-electron chi connectivity index (χ4n) is 4.18. The van der Waals surface area contributed by atoms with Crippen molar-refractivity contribution in [2.75, 3.05) is 13.2 Å². The number of ether oxygens (including phenoxy) is 3. The first-order valence-electron chi connectivity index (χ1n) is 12.6. The lowest BCUT2D eigenvalue weighted by atomic mass is 10.1. The first-order chi connectivity index (χ1) is 19.0. The number of nitrogens with one attached hydrogen (secondary N) is 1. The normalized spacial score (nSPS) is 15.1. The van der Waals surface area contributed by atoms with Crippen LogP contribution in [0.5, 0.6) is 17.2 Å². The van der Waals surface area contributed by atoms with Crippen LogP contribution in [-0.4, -0.2) is 24.3 Å². The zero-order chi connectivity index (χ0) is 27.2. The van der Waals surface area contributed by atoms with Gasteiger partial charge in [0.1, 0.15) is 12.4 Å². The number of aliphatic imine (C=N–C) groups is 1. The Hall–Kier alpha value is -3.50. The minimum atomic E-state index is -0.186. The molecule has 1 N–H and O–H groups in total. The lowest BCUT2D eigenvalue weighted by Crippen LogP contribution is -2.19. The number of hydrogen-bond acceptors (Lipinski definition) is 6. The van der Waals surface area contributed by atoms with Gasteiger partial charge in [-0.3, -0.25) is 4.79 Å². The lowest BCUT2D eigenvalue weighted by Gasteiger charge is -2.16. The summed E-state index contributed by atoms with van der Waals surface area (Å²) in [5.41, 5.74) is 2.69. The highest BCUT2D eigenvalue weighted by Gasteiger charge is 2.24. The van der Waals surface area contributed by atoms with E-state index in [1.54, 1.807) is 0 Å². The Kier molecular flexibility index (Phi) is 8.73. The van der Waals surface area contributed by atoms with Gasteiger partial charge in [-0.2, -0.15) is 0 Å². The number of nitrogens with zero attached hydrogens (tertiary/aromatic N) is 1. The molecule has 0 spiro atoms. The molecular formula is C31H27IN2O4S. The highest BCUT2D eigenvalue weighted by molar-refractivity contribution is 14.1. The second-order valence-electron chi connectivity index (χ2n) is 8.60. The Morgan fingerprint density at radius 3 is 2.49 bits per heavy atom. The van der Waals surface area contributed by atoms with Crippen LogP contribution in [0, 0.1) is 3.57 Å². The van der Waals surface area contributed by atoms with E-state index in [1.807, 2.05) is 74.5 Å². The molecule has 4 aromatic carbocycles. The van der Waals surface area contributed by atoms with Crippen molar-refractivity contribution in [2.24, 2.45) is 4.99 Å². The largest absolute Gasteiger partial charge is 0.494 e.